The van der Waals surface area contributed by atoms with E-state index in [1.807, 2.05) is 0 Å². The van der Waals surface area contributed by atoms with Crippen molar-refractivity contribution in [1.82, 2.24) is 5.32 Å². The van der Waals surface area contributed by atoms with E-state index in [0.717, 1.165) is 32.2 Å². The molecule has 0 aliphatic rings. The van der Waals surface area contributed by atoms with Crippen molar-refractivity contribution in [3.8, 4) is 0 Å². The fourth-order valence-electron chi connectivity index (χ4n) is 2.22. The average molecular weight is 271 g/mol. The maximum absolute atomic E-state index is 9.16. The summed E-state index contributed by atoms with van der Waals surface area (Å²) >= 11 is 0. The fourth-order valence-corrected chi connectivity index (χ4v) is 2.22. The first-order valence-electron chi connectivity index (χ1n) is 7.78. The molecule has 0 bridgehead atoms. The van der Waals surface area contributed by atoms with Crippen LogP contribution in [0.3, 0.4) is 0 Å². The third kappa shape index (κ3) is 8.09. The summed E-state index contributed by atoms with van der Waals surface area (Å²) in [5.74, 6) is 0.542. The molecule has 0 aliphatic carbocycles. The summed E-state index contributed by atoms with van der Waals surface area (Å²) < 4.78 is 0. The van der Waals surface area contributed by atoms with Crippen molar-refractivity contribution in [2.75, 3.05) is 19.7 Å². The summed E-state index contributed by atoms with van der Waals surface area (Å²) in [7, 11) is 0. The molecule has 0 aromatic heterocycles. The van der Waals surface area contributed by atoms with Crippen molar-refractivity contribution in [1.29, 1.82) is 0 Å². The van der Waals surface area contributed by atoms with E-state index >= 15 is 0 Å². The second-order valence-corrected chi connectivity index (χ2v) is 5.37. The molecule has 0 radical (unpaired) electrons. The first-order valence-corrected chi connectivity index (χ1v) is 7.78. The standard InChI is InChI=1S/C15H33N3O/c1-4-7-8-9-11-17-14(16)18-13-15(5-2,6-3)10-12-19/h19H,4-13H2,1-3H3,(H3,16,17,18). The molecule has 0 heterocycles. The second kappa shape index (κ2) is 11.1. The van der Waals surface area contributed by atoms with Crippen molar-refractivity contribution in [2.45, 2.75) is 65.7 Å². The van der Waals surface area contributed by atoms with Crippen LogP contribution in [0.1, 0.15) is 65.7 Å². The van der Waals surface area contributed by atoms with E-state index in [2.05, 4.69) is 31.1 Å². The van der Waals surface area contributed by atoms with Crippen molar-refractivity contribution in [3.63, 3.8) is 0 Å². The van der Waals surface area contributed by atoms with Gasteiger partial charge in [-0.2, -0.15) is 0 Å². The van der Waals surface area contributed by atoms with Crippen molar-refractivity contribution < 1.29 is 5.11 Å². The molecule has 0 spiro atoms. The number of rotatable bonds is 11. The van der Waals surface area contributed by atoms with Crippen LogP contribution in [0.15, 0.2) is 4.99 Å². The zero-order valence-electron chi connectivity index (χ0n) is 13.0. The first kappa shape index (κ1) is 18.2. The van der Waals surface area contributed by atoms with E-state index in [1.54, 1.807) is 0 Å². The molecule has 4 nitrogen and oxygen atoms in total. The number of nitrogens with zero attached hydrogens (tertiary/aromatic N) is 1. The Balaban J connectivity index is 4.05. The lowest BCUT2D eigenvalue weighted by atomic mass is 9.79. The molecule has 4 N–H and O–H groups in total. The number of aliphatic imine (C=N–C) groups is 1. The van der Waals surface area contributed by atoms with Gasteiger partial charge in [-0.3, -0.25) is 4.99 Å². The predicted molar refractivity (Wildman–Crippen MR) is 83.4 cm³/mol. The summed E-state index contributed by atoms with van der Waals surface area (Å²) in [6.45, 7) is 8.35. The van der Waals surface area contributed by atoms with Crippen molar-refractivity contribution in [2.24, 2.45) is 16.1 Å². The molecule has 0 aliphatic heterocycles. The van der Waals surface area contributed by atoms with Gasteiger partial charge in [0.2, 0.25) is 0 Å². The van der Waals surface area contributed by atoms with Crippen LogP contribution < -0.4 is 11.1 Å². The Morgan fingerprint density at radius 3 is 2.37 bits per heavy atom. The predicted octanol–water partition coefficient (Wildman–Crippen LogP) is 2.66. The van der Waals surface area contributed by atoms with E-state index in [-0.39, 0.29) is 12.0 Å². The molecule has 0 unspecified atom stereocenters. The smallest absolute Gasteiger partial charge is 0.188 e. The summed E-state index contributed by atoms with van der Waals surface area (Å²) in [4.78, 5) is 4.45. The Labute approximate surface area is 118 Å². The number of aliphatic hydroxyl groups excluding tert-OH is 1. The third-order valence-corrected chi connectivity index (χ3v) is 4.06. The summed E-state index contributed by atoms with van der Waals surface area (Å²) in [5, 5.41) is 12.3. The van der Waals surface area contributed by atoms with Gasteiger partial charge in [-0.15, -0.1) is 0 Å². The number of nitrogens with two attached hydrogens (primary N) is 1. The third-order valence-electron chi connectivity index (χ3n) is 4.06. The van der Waals surface area contributed by atoms with Gasteiger partial charge in [-0.25, -0.2) is 0 Å². The molecular formula is C15H33N3O. The molecule has 0 saturated carbocycles. The SMILES string of the molecule is CCCCCCNC(N)=NCC(CC)(CC)CCO. The van der Waals surface area contributed by atoms with Gasteiger partial charge >= 0.3 is 0 Å². The monoisotopic (exact) mass is 271 g/mol. The Morgan fingerprint density at radius 2 is 1.84 bits per heavy atom. The zero-order chi connectivity index (χ0) is 14.6. The highest BCUT2D eigenvalue weighted by Crippen LogP contribution is 2.30. The molecule has 0 saturated heterocycles. The van der Waals surface area contributed by atoms with Crippen LogP contribution in [0.2, 0.25) is 0 Å². The number of aliphatic hydroxyl groups is 1. The lowest BCUT2D eigenvalue weighted by molar-refractivity contribution is 0.175. The van der Waals surface area contributed by atoms with E-state index in [4.69, 9.17) is 10.8 Å². The van der Waals surface area contributed by atoms with Crippen LogP contribution in [-0.4, -0.2) is 30.8 Å². The maximum atomic E-state index is 9.16. The molecule has 4 heteroatoms. The minimum absolute atomic E-state index is 0.100. The number of guanidine groups is 1. The highest BCUT2D eigenvalue weighted by atomic mass is 16.3. The molecule has 0 amide bonds. The molecule has 0 fully saturated rings. The van der Waals surface area contributed by atoms with Gasteiger partial charge in [0.25, 0.3) is 0 Å². The molecule has 114 valence electrons. The number of hydrogen-bond acceptors (Lipinski definition) is 2. The Kier molecular flexibility index (Phi) is 10.6. The number of nitrogens with one attached hydrogen (secondary N) is 1. The number of hydrogen-bond donors (Lipinski definition) is 3. The van der Waals surface area contributed by atoms with Gasteiger partial charge in [-0.1, -0.05) is 40.0 Å². The fraction of sp³-hybridized carbons (Fsp3) is 0.933. The Morgan fingerprint density at radius 1 is 1.16 bits per heavy atom. The summed E-state index contributed by atoms with van der Waals surface area (Å²) in [6.07, 6.45) is 7.77. The molecule has 0 atom stereocenters. The Hall–Kier alpha value is -0.770. The number of unbranched alkanes of at least 4 members (excludes halogenated alkanes) is 3. The highest BCUT2D eigenvalue weighted by molar-refractivity contribution is 5.77. The van der Waals surface area contributed by atoms with Crippen LogP contribution >= 0.6 is 0 Å². The first-order chi connectivity index (χ1) is 9.14. The lowest BCUT2D eigenvalue weighted by Gasteiger charge is -2.29. The molecule has 0 aromatic carbocycles. The Bertz CT molecular complexity index is 238. The van der Waals surface area contributed by atoms with Gasteiger partial charge in [0.05, 0.1) is 0 Å². The highest BCUT2D eigenvalue weighted by Gasteiger charge is 2.25. The summed E-state index contributed by atoms with van der Waals surface area (Å²) in [5.41, 5.74) is 5.98. The van der Waals surface area contributed by atoms with Crippen molar-refractivity contribution >= 4 is 5.96 Å². The minimum atomic E-state index is 0.100. The van der Waals surface area contributed by atoms with Gasteiger partial charge in [-0.05, 0) is 31.1 Å². The maximum Gasteiger partial charge on any atom is 0.188 e. The minimum Gasteiger partial charge on any atom is -0.396 e. The largest absolute Gasteiger partial charge is 0.396 e. The average Bonchev–Trinajstić information content (AvgIpc) is 2.43. The topological polar surface area (TPSA) is 70.6 Å². The van der Waals surface area contributed by atoms with Crippen LogP contribution in [0.4, 0.5) is 0 Å². The van der Waals surface area contributed by atoms with E-state index in [1.165, 1.54) is 19.3 Å². The van der Waals surface area contributed by atoms with Crippen LogP contribution in [0.5, 0.6) is 0 Å². The quantitative estimate of drug-likeness (QED) is 0.307. The summed E-state index contributed by atoms with van der Waals surface area (Å²) in [6, 6.07) is 0. The van der Waals surface area contributed by atoms with Crippen LogP contribution in [-0.2, 0) is 0 Å². The normalized spacial score (nSPS) is 12.7. The lowest BCUT2D eigenvalue weighted by Crippen LogP contribution is -2.34. The van der Waals surface area contributed by atoms with E-state index in [0.29, 0.717) is 12.5 Å². The molecule has 0 rings (SSSR count). The molecule has 0 aromatic rings. The second-order valence-electron chi connectivity index (χ2n) is 5.37. The molecule has 19 heavy (non-hydrogen) atoms. The van der Waals surface area contributed by atoms with Gasteiger partial charge in [0.15, 0.2) is 5.96 Å². The van der Waals surface area contributed by atoms with Gasteiger partial charge < -0.3 is 16.2 Å². The van der Waals surface area contributed by atoms with E-state index in [9.17, 15) is 0 Å². The zero-order valence-corrected chi connectivity index (χ0v) is 13.0. The van der Waals surface area contributed by atoms with Crippen molar-refractivity contribution in [3.05, 3.63) is 0 Å². The van der Waals surface area contributed by atoms with Gasteiger partial charge in [0.1, 0.15) is 0 Å². The van der Waals surface area contributed by atoms with Crippen LogP contribution in [0.25, 0.3) is 0 Å². The molecular weight excluding hydrogens is 238 g/mol. The van der Waals surface area contributed by atoms with Crippen LogP contribution in [0, 0.1) is 5.41 Å². The van der Waals surface area contributed by atoms with E-state index < -0.39 is 0 Å². The van der Waals surface area contributed by atoms with Gasteiger partial charge in [0, 0.05) is 19.7 Å².